The molecule has 0 spiro atoms. The lowest BCUT2D eigenvalue weighted by Gasteiger charge is -2.14. The average molecular weight is 330 g/mol. The van der Waals surface area contributed by atoms with Gasteiger partial charge in [0.1, 0.15) is 0 Å². The van der Waals surface area contributed by atoms with Crippen LogP contribution < -0.4 is 11.0 Å². The molecule has 4 heteroatoms. The Labute approximate surface area is 145 Å². The summed E-state index contributed by atoms with van der Waals surface area (Å²) in [5, 5.41) is 2.74. The van der Waals surface area contributed by atoms with Gasteiger partial charge in [-0.15, -0.1) is 0 Å². The molecule has 124 valence electrons. The number of hydrogen-bond donors (Lipinski definition) is 1. The highest BCUT2D eigenvalue weighted by Crippen LogP contribution is 2.32. The van der Waals surface area contributed by atoms with Crippen LogP contribution in [0.5, 0.6) is 0 Å². The van der Waals surface area contributed by atoms with Crippen molar-refractivity contribution >= 4 is 11.6 Å². The number of aromatic nitrogens is 2. The Hall–Kier alpha value is -3.14. The molecule has 0 fully saturated rings. The SMILES string of the molecule is Cc1ccc(-n2[nH]c(=O)c(=O)c3c2/C(=C/c2ccccc2)CC3)cc1. The van der Waals surface area contributed by atoms with Crippen LogP contribution in [0.3, 0.4) is 0 Å². The molecule has 0 radical (unpaired) electrons. The van der Waals surface area contributed by atoms with E-state index in [2.05, 4.69) is 11.2 Å². The minimum Gasteiger partial charge on any atom is -0.283 e. The molecular weight excluding hydrogens is 312 g/mol. The third-order valence-electron chi connectivity index (χ3n) is 4.58. The number of nitrogens with one attached hydrogen (secondary N) is 1. The molecule has 1 aliphatic carbocycles. The first-order valence-corrected chi connectivity index (χ1v) is 8.35. The molecule has 0 atom stereocenters. The Morgan fingerprint density at radius 1 is 0.960 bits per heavy atom. The number of hydrogen-bond acceptors (Lipinski definition) is 2. The van der Waals surface area contributed by atoms with Crippen molar-refractivity contribution < 1.29 is 0 Å². The second-order valence-electron chi connectivity index (χ2n) is 6.35. The summed E-state index contributed by atoms with van der Waals surface area (Å²) in [6.45, 7) is 2.02. The van der Waals surface area contributed by atoms with Crippen LogP contribution in [-0.4, -0.2) is 9.78 Å². The van der Waals surface area contributed by atoms with Gasteiger partial charge in [-0.1, -0.05) is 48.0 Å². The Bertz CT molecular complexity index is 1070. The van der Waals surface area contributed by atoms with Crippen LogP contribution in [0, 0.1) is 6.92 Å². The molecule has 25 heavy (non-hydrogen) atoms. The summed E-state index contributed by atoms with van der Waals surface area (Å²) in [5.74, 6) is 0. The minimum atomic E-state index is -0.569. The Morgan fingerprint density at radius 3 is 2.40 bits per heavy atom. The molecule has 4 rings (SSSR count). The van der Waals surface area contributed by atoms with Crippen LogP contribution in [-0.2, 0) is 6.42 Å². The molecule has 0 aliphatic heterocycles. The molecule has 1 aliphatic rings. The molecular formula is C21H18N2O2. The second kappa shape index (κ2) is 6.06. The zero-order valence-corrected chi connectivity index (χ0v) is 14.0. The Kier molecular flexibility index (Phi) is 3.73. The van der Waals surface area contributed by atoms with Crippen LogP contribution in [0.4, 0.5) is 0 Å². The molecule has 0 bridgehead atoms. The van der Waals surface area contributed by atoms with Gasteiger partial charge in [0, 0.05) is 5.56 Å². The number of aryl methyl sites for hydroxylation is 1. The van der Waals surface area contributed by atoms with Gasteiger partial charge in [-0.2, -0.15) is 0 Å². The van der Waals surface area contributed by atoms with Crippen molar-refractivity contribution in [2.75, 3.05) is 0 Å². The lowest BCUT2D eigenvalue weighted by Crippen LogP contribution is -2.34. The van der Waals surface area contributed by atoms with E-state index in [1.54, 1.807) is 4.68 Å². The summed E-state index contributed by atoms with van der Waals surface area (Å²) in [7, 11) is 0. The zero-order chi connectivity index (χ0) is 17.4. The summed E-state index contributed by atoms with van der Waals surface area (Å²) in [6, 6.07) is 17.9. The molecule has 1 aromatic heterocycles. The largest absolute Gasteiger partial charge is 0.310 e. The summed E-state index contributed by atoms with van der Waals surface area (Å²) in [5.41, 5.74) is 4.57. The standard InChI is InChI=1S/C21H18N2O2/c1-14-7-10-17(11-8-14)23-19-16(13-15-5-3-2-4-6-15)9-12-18(19)20(24)21(25)22-23/h2-8,10-11,13H,9,12H2,1H3,(H,22,25)/b16-13+. The van der Waals surface area contributed by atoms with Crippen LogP contribution in [0.25, 0.3) is 17.3 Å². The fourth-order valence-electron chi connectivity index (χ4n) is 3.31. The number of fused-ring (bicyclic) bond motifs is 1. The van der Waals surface area contributed by atoms with Crippen molar-refractivity contribution in [1.29, 1.82) is 0 Å². The van der Waals surface area contributed by atoms with Crippen molar-refractivity contribution in [2.24, 2.45) is 0 Å². The third kappa shape index (κ3) is 2.76. The fraction of sp³-hybridized carbons (Fsp3) is 0.143. The maximum atomic E-state index is 12.3. The molecule has 0 saturated carbocycles. The molecule has 2 aromatic carbocycles. The van der Waals surface area contributed by atoms with Crippen LogP contribution in [0.15, 0.2) is 64.2 Å². The van der Waals surface area contributed by atoms with Crippen molar-refractivity contribution in [3.63, 3.8) is 0 Å². The highest BCUT2D eigenvalue weighted by molar-refractivity contribution is 5.84. The van der Waals surface area contributed by atoms with Gasteiger partial charge in [0.25, 0.3) is 0 Å². The van der Waals surface area contributed by atoms with Gasteiger partial charge in [0.2, 0.25) is 5.43 Å². The summed E-state index contributed by atoms with van der Waals surface area (Å²) in [6.07, 6.45) is 3.44. The first-order chi connectivity index (χ1) is 12.1. The van der Waals surface area contributed by atoms with Gasteiger partial charge in [0.15, 0.2) is 0 Å². The van der Waals surface area contributed by atoms with E-state index in [0.717, 1.165) is 34.5 Å². The van der Waals surface area contributed by atoms with Gasteiger partial charge < -0.3 is 0 Å². The van der Waals surface area contributed by atoms with E-state index >= 15 is 0 Å². The van der Waals surface area contributed by atoms with Crippen LogP contribution in [0.1, 0.15) is 28.8 Å². The smallest absolute Gasteiger partial charge is 0.283 e. The van der Waals surface area contributed by atoms with E-state index in [1.807, 2.05) is 61.5 Å². The second-order valence-corrected chi connectivity index (χ2v) is 6.35. The first kappa shape index (κ1) is 15.4. The number of aromatic amines is 1. The number of allylic oxidation sites excluding steroid dienone is 1. The molecule has 0 unspecified atom stereocenters. The van der Waals surface area contributed by atoms with E-state index < -0.39 is 11.0 Å². The topological polar surface area (TPSA) is 54.9 Å². The Balaban J connectivity index is 1.96. The van der Waals surface area contributed by atoms with E-state index in [-0.39, 0.29) is 0 Å². The maximum absolute atomic E-state index is 12.3. The number of benzene rings is 2. The normalized spacial score (nSPS) is 14.7. The van der Waals surface area contributed by atoms with Gasteiger partial charge >= 0.3 is 5.56 Å². The van der Waals surface area contributed by atoms with E-state index in [9.17, 15) is 9.59 Å². The van der Waals surface area contributed by atoms with Crippen LogP contribution >= 0.6 is 0 Å². The summed E-state index contributed by atoms with van der Waals surface area (Å²) in [4.78, 5) is 24.4. The molecule has 1 N–H and O–H groups in total. The molecule has 0 saturated heterocycles. The van der Waals surface area contributed by atoms with Gasteiger partial charge in [-0.05, 0) is 49.1 Å². The lowest BCUT2D eigenvalue weighted by molar-refractivity contribution is 0.791. The summed E-state index contributed by atoms with van der Waals surface area (Å²) >= 11 is 0. The zero-order valence-electron chi connectivity index (χ0n) is 14.0. The van der Waals surface area contributed by atoms with Crippen molar-refractivity contribution in [1.82, 2.24) is 9.78 Å². The molecule has 4 nitrogen and oxygen atoms in total. The number of rotatable bonds is 2. The predicted octanol–water partition coefficient (Wildman–Crippen LogP) is 3.32. The van der Waals surface area contributed by atoms with Crippen molar-refractivity contribution in [3.05, 3.63) is 97.6 Å². The van der Waals surface area contributed by atoms with Gasteiger partial charge in [-0.3, -0.25) is 19.4 Å². The third-order valence-corrected chi connectivity index (χ3v) is 4.58. The van der Waals surface area contributed by atoms with Gasteiger partial charge in [0.05, 0.1) is 11.4 Å². The monoisotopic (exact) mass is 330 g/mol. The number of H-pyrrole nitrogens is 1. The predicted molar refractivity (Wildman–Crippen MR) is 100 cm³/mol. The maximum Gasteiger partial charge on any atom is 0.310 e. The van der Waals surface area contributed by atoms with E-state index in [0.29, 0.717) is 12.0 Å². The lowest BCUT2D eigenvalue weighted by atomic mass is 10.1. The minimum absolute atomic E-state index is 0.421. The van der Waals surface area contributed by atoms with E-state index in [1.165, 1.54) is 0 Å². The Morgan fingerprint density at radius 2 is 1.68 bits per heavy atom. The highest BCUT2D eigenvalue weighted by atomic mass is 16.2. The van der Waals surface area contributed by atoms with Gasteiger partial charge in [-0.25, -0.2) is 0 Å². The molecule has 3 aromatic rings. The highest BCUT2D eigenvalue weighted by Gasteiger charge is 2.25. The van der Waals surface area contributed by atoms with Crippen molar-refractivity contribution in [2.45, 2.75) is 19.8 Å². The first-order valence-electron chi connectivity index (χ1n) is 8.35. The van der Waals surface area contributed by atoms with Crippen LogP contribution in [0.2, 0.25) is 0 Å². The van der Waals surface area contributed by atoms with E-state index in [4.69, 9.17) is 0 Å². The molecule has 1 heterocycles. The average Bonchev–Trinajstić information content (AvgIpc) is 3.04. The van der Waals surface area contributed by atoms with Crippen molar-refractivity contribution in [3.8, 4) is 5.69 Å². The molecule has 0 amide bonds. The quantitative estimate of drug-likeness (QED) is 0.733. The fourth-order valence-corrected chi connectivity index (χ4v) is 3.31. The summed E-state index contributed by atoms with van der Waals surface area (Å²) < 4.78 is 1.75. The number of nitrogens with zero attached hydrogens (tertiary/aromatic N) is 1.